The Labute approximate surface area is 91.6 Å². The first-order chi connectivity index (χ1) is 7.52. The zero-order chi connectivity index (χ0) is 12.3. The number of benzene rings is 1. The van der Waals surface area contributed by atoms with Crippen LogP contribution in [-0.4, -0.2) is 0 Å². The smallest absolute Gasteiger partial charge is 0.169 e. The molecule has 0 aromatic heterocycles. The van der Waals surface area contributed by atoms with Gasteiger partial charge in [0, 0.05) is 6.07 Å². The van der Waals surface area contributed by atoms with Gasteiger partial charge in [-0.2, -0.15) is 0 Å². The highest BCUT2D eigenvalue weighted by atomic mass is 19.2. The molecule has 1 aromatic carbocycles. The van der Waals surface area contributed by atoms with E-state index in [1.165, 1.54) is 0 Å². The van der Waals surface area contributed by atoms with E-state index < -0.39 is 28.8 Å². The molecule has 1 aromatic rings. The molecule has 0 radical (unpaired) electrons. The highest BCUT2D eigenvalue weighted by molar-refractivity contribution is 5.66. The summed E-state index contributed by atoms with van der Waals surface area (Å²) in [7, 11) is 0. The molecule has 4 heteroatoms. The molecule has 0 bridgehead atoms. The first-order valence-corrected chi connectivity index (χ1v) is 5.05. The molecule has 0 fully saturated rings. The minimum Gasteiger partial charge on any atom is -0.204 e. The highest BCUT2D eigenvalue weighted by Crippen LogP contribution is 2.28. The van der Waals surface area contributed by atoms with E-state index in [1.807, 2.05) is 0 Å². The van der Waals surface area contributed by atoms with Crippen molar-refractivity contribution < 1.29 is 17.6 Å². The van der Waals surface area contributed by atoms with Crippen molar-refractivity contribution in [1.29, 1.82) is 0 Å². The molecular weight excluding hydrogens is 220 g/mol. The lowest BCUT2D eigenvalue weighted by Gasteiger charge is -2.09. The summed E-state index contributed by atoms with van der Waals surface area (Å²) in [4.78, 5) is 0. The van der Waals surface area contributed by atoms with Gasteiger partial charge in [-0.1, -0.05) is 19.9 Å². The van der Waals surface area contributed by atoms with Crippen molar-refractivity contribution in [2.75, 3.05) is 0 Å². The molecule has 0 aliphatic heterocycles. The molecule has 0 saturated heterocycles. The molecule has 0 unspecified atom stereocenters. The predicted octanol–water partition coefficient (Wildman–Crippen LogP) is 4.45. The largest absolute Gasteiger partial charge is 0.204 e. The van der Waals surface area contributed by atoms with E-state index in [2.05, 4.69) is 0 Å². The molecule has 88 valence electrons. The van der Waals surface area contributed by atoms with Gasteiger partial charge in [-0.3, -0.25) is 0 Å². The van der Waals surface area contributed by atoms with Crippen LogP contribution in [0.2, 0.25) is 0 Å². The van der Waals surface area contributed by atoms with Crippen LogP contribution >= 0.6 is 0 Å². The van der Waals surface area contributed by atoms with Gasteiger partial charge >= 0.3 is 0 Å². The maximum atomic E-state index is 13.4. The Bertz CT molecular complexity index is 395. The van der Waals surface area contributed by atoms with Crippen LogP contribution in [0.1, 0.15) is 32.3 Å². The Balaban J connectivity index is 3.47. The lowest BCUT2D eigenvalue weighted by Crippen LogP contribution is -2.02. The third kappa shape index (κ3) is 2.26. The van der Waals surface area contributed by atoms with Crippen LogP contribution in [0.5, 0.6) is 0 Å². The maximum absolute atomic E-state index is 13.4. The van der Waals surface area contributed by atoms with Crippen LogP contribution in [0.25, 0.3) is 5.57 Å². The van der Waals surface area contributed by atoms with E-state index in [-0.39, 0.29) is 11.6 Å². The standard InChI is InChI=1S/C12H12F4/c1-3-5-7(4-2)10-11(15)8(13)6-9(14)12(10)16/h5-6H,3-4H2,1-2H3/b7-5+. The van der Waals surface area contributed by atoms with Crippen molar-refractivity contribution in [1.82, 2.24) is 0 Å². The SMILES string of the molecule is CC/C=C(\CC)c1c(F)c(F)cc(F)c1F. The normalized spacial score (nSPS) is 12.0. The Hall–Kier alpha value is -1.32. The summed E-state index contributed by atoms with van der Waals surface area (Å²) in [6, 6.07) is 0.216. The average Bonchev–Trinajstić information content (AvgIpc) is 2.25. The van der Waals surface area contributed by atoms with Crippen LogP contribution in [0.4, 0.5) is 17.6 Å². The predicted molar refractivity (Wildman–Crippen MR) is 54.8 cm³/mol. The molecule has 0 heterocycles. The number of allylic oxidation sites excluding steroid dienone is 2. The van der Waals surface area contributed by atoms with Gasteiger partial charge in [-0.25, -0.2) is 17.6 Å². The lowest BCUT2D eigenvalue weighted by molar-refractivity contribution is 0.449. The van der Waals surface area contributed by atoms with E-state index in [9.17, 15) is 17.6 Å². The summed E-state index contributed by atoms with van der Waals surface area (Å²) in [5.41, 5.74) is -0.322. The van der Waals surface area contributed by atoms with Crippen molar-refractivity contribution in [2.45, 2.75) is 26.7 Å². The fourth-order valence-electron chi connectivity index (χ4n) is 1.52. The van der Waals surface area contributed by atoms with E-state index in [0.717, 1.165) is 0 Å². The van der Waals surface area contributed by atoms with Crippen LogP contribution in [0, 0.1) is 23.3 Å². The fourth-order valence-corrected chi connectivity index (χ4v) is 1.52. The second-order valence-electron chi connectivity index (χ2n) is 3.33. The van der Waals surface area contributed by atoms with Gasteiger partial charge in [0.25, 0.3) is 0 Å². The van der Waals surface area contributed by atoms with Gasteiger partial charge in [0.15, 0.2) is 23.3 Å². The van der Waals surface area contributed by atoms with Gasteiger partial charge in [0.05, 0.1) is 5.56 Å². The number of hydrogen-bond acceptors (Lipinski definition) is 0. The monoisotopic (exact) mass is 232 g/mol. The minimum atomic E-state index is -1.37. The Morgan fingerprint density at radius 1 is 1.06 bits per heavy atom. The summed E-state index contributed by atoms with van der Waals surface area (Å²) in [6.07, 6.45) is 2.41. The number of rotatable bonds is 3. The Morgan fingerprint density at radius 3 is 1.94 bits per heavy atom. The van der Waals surface area contributed by atoms with E-state index in [1.54, 1.807) is 19.9 Å². The first-order valence-electron chi connectivity index (χ1n) is 5.05. The Morgan fingerprint density at radius 2 is 1.56 bits per heavy atom. The first kappa shape index (κ1) is 12.7. The van der Waals surface area contributed by atoms with Gasteiger partial charge in [-0.15, -0.1) is 0 Å². The summed E-state index contributed by atoms with van der Waals surface area (Å²) in [5.74, 6) is -5.41. The summed E-state index contributed by atoms with van der Waals surface area (Å²) in [6.45, 7) is 3.45. The van der Waals surface area contributed by atoms with E-state index in [4.69, 9.17) is 0 Å². The van der Waals surface area contributed by atoms with Crippen LogP contribution < -0.4 is 0 Å². The molecule has 0 nitrogen and oxygen atoms in total. The van der Waals surface area contributed by atoms with Crippen molar-refractivity contribution in [3.05, 3.63) is 41.0 Å². The molecule has 0 atom stereocenters. The van der Waals surface area contributed by atoms with Crippen LogP contribution in [0.3, 0.4) is 0 Å². The fraction of sp³-hybridized carbons (Fsp3) is 0.333. The third-order valence-corrected chi connectivity index (χ3v) is 2.26. The molecule has 0 saturated carbocycles. The van der Waals surface area contributed by atoms with E-state index in [0.29, 0.717) is 12.8 Å². The van der Waals surface area contributed by atoms with Gasteiger partial charge in [0.2, 0.25) is 0 Å². The van der Waals surface area contributed by atoms with E-state index >= 15 is 0 Å². The molecule has 16 heavy (non-hydrogen) atoms. The number of hydrogen-bond donors (Lipinski definition) is 0. The molecule has 0 N–H and O–H groups in total. The quantitative estimate of drug-likeness (QED) is 0.533. The molecular formula is C12H12F4. The molecule has 0 spiro atoms. The van der Waals surface area contributed by atoms with Crippen molar-refractivity contribution >= 4 is 5.57 Å². The minimum absolute atomic E-state index is 0.216. The molecule has 0 aliphatic carbocycles. The van der Waals surface area contributed by atoms with Crippen LogP contribution in [0.15, 0.2) is 12.1 Å². The summed E-state index contributed by atoms with van der Waals surface area (Å²) >= 11 is 0. The van der Waals surface area contributed by atoms with Gasteiger partial charge < -0.3 is 0 Å². The zero-order valence-electron chi connectivity index (χ0n) is 9.08. The third-order valence-electron chi connectivity index (χ3n) is 2.26. The maximum Gasteiger partial charge on any atom is 0.169 e. The van der Waals surface area contributed by atoms with Crippen molar-refractivity contribution in [3.63, 3.8) is 0 Å². The second-order valence-corrected chi connectivity index (χ2v) is 3.33. The second kappa shape index (κ2) is 5.14. The Kier molecular flexibility index (Phi) is 4.10. The van der Waals surface area contributed by atoms with Crippen LogP contribution in [-0.2, 0) is 0 Å². The van der Waals surface area contributed by atoms with Crippen molar-refractivity contribution in [3.8, 4) is 0 Å². The lowest BCUT2D eigenvalue weighted by atomic mass is 10.0. The summed E-state index contributed by atoms with van der Waals surface area (Å²) < 4.78 is 52.7. The molecule has 0 amide bonds. The molecule has 0 aliphatic rings. The zero-order valence-corrected chi connectivity index (χ0v) is 9.08. The topological polar surface area (TPSA) is 0 Å². The van der Waals surface area contributed by atoms with Gasteiger partial charge in [0.1, 0.15) is 0 Å². The molecule has 1 rings (SSSR count). The van der Waals surface area contributed by atoms with Crippen molar-refractivity contribution in [2.24, 2.45) is 0 Å². The summed E-state index contributed by atoms with van der Waals surface area (Å²) in [5, 5.41) is 0. The highest BCUT2D eigenvalue weighted by Gasteiger charge is 2.20. The average molecular weight is 232 g/mol. The number of halogens is 4. The van der Waals surface area contributed by atoms with Gasteiger partial charge in [-0.05, 0) is 18.4 Å².